The summed E-state index contributed by atoms with van der Waals surface area (Å²) >= 11 is 2.46. The minimum Gasteiger partial charge on any atom is -0.396 e. The zero-order chi connectivity index (χ0) is 21.5. The van der Waals surface area contributed by atoms with Gasteiger partial charge in [-0.3, -0.25) is 0 Å². The molecule has 2 aromatic carbocycles. The van der Waals surface area contributed by atoms with Crippen LogP contribution in [-0.2, 0) is 10.0 Å². The molecule has 1 radical (unpaired) electrons. The second-order valence-corrected chi connectivity index (χ2v) is 14.5. The fourth-order valence-corrected chi connectivity index (χ4v) is 7.60. The minimum absolute atomic E-state index is 0.0989. The first-order valence-electron chi connectivity index (χ1n) is 10.4. The highest BCUT2D eigenvalue weighted by molar-refractivity contribution is 14.1. The Kier molecular flexibility index (Phi) is 8.57. The van der Waals surface area contributed by atoms with Crippen LogP contribution in [0.15, 0.2) is 60.7 Å². The molecule has 155 valence electrons. The van der Waals surface area contributed by atoms with Gasteiger partial charge in [0.15, 0.2) is 0 Å². The van der Waals surface area contributed by atoms with E-state index in [1.807, 2.05) is 18.2 Å². The van der Waals surface area contributed by atoms with Crippen molar-refractivity contribution >= 4 is 31.6 Å². The first kappa shape index (κ1) is 24.2. The molecule has 0 heterocycles. The van der Waals surface area contributed by atoms with Gasteiger partial charge in [0.25, 0.3) is 0 Å². The highest BCUT2D eigenvalue weighted by atomic mass is 127. The lowest BCUT2D eigenvalue weighted by Gasteiger charge is -2.44. The lowest BCUT2D eigenvalue weighted by Crippen LogP contribution is -2.45. The third kappa shape index (κ3) is 6.98. The summed E-state index contributed by atoms with van der Waals surface area (Å²) in [5.74, 6) is 7.07. The highest BCUT2D eigenvalue weighted by Crippen LogP contribution is 2.46. The van der Waals surface area contributed by atoms with Crippen molar-refractivity contribution in [3.8, 4) is 11.8 Å². The van der Waals surface area contributed by atoms with Crippen LogP contribution in [0.4, 0.5) is 0 Å². The maximum Gasteiger partial charge on any atom is 0.225 e. The van der Waals surface area contributed by atoms with E-state index in [9.17, 15) is 0 Å². The van der Waals surface area contributed by atoms with E-state index in [0.717, 1.165) is 22.8 Å². The van der Waals surface area contributed by atoms with Crippen molar-refractivity contribution in [3.05, 3.63) is 71.8 Å². The monoisotopic (exact) mass is 517 g/mol. The Morgan fingerprint density at radius 3 is 1.83 bits per heavy atom. The second-order valence-electron chi connectivity index (χ2n) is 9.53. The SMILES string of the molecule is CC(C)(C)[Si](OC(C#Cc1ccccc1)(CCCI)c1ccccc1)C(C)(C)C. The molecule has 0 aliphatic heterocycles. The van der Waals surface area contributed by atoms with Crippen LogP contribution < -0.4 is 0 Å². The summed E-state index contributed by atoms with van der Waals surface area (Å²) in [4.78, 5) is 0. The van der Waals surface area contributed by atoms with Gasteiger partial charge in [-0.15, -0.1) is 0 Å². The van der Waals surface area contributed by atoms with Crippen molar-refractivity contribution in [2.24, 2.45) is 0 Å². The highest BCUT2D eigenvalue weighted by Gasteiger charge is 2.45. The summed E-state index contributed by atoms with van der Waals surface area (Å²) in [6.07, 6.45) is 1.97. The second kappa shape index (κ2) is 10.3. The van der Waals surface area contributed by atoms with Crippen LogP contribution in [-0.4, -0.2) is 13.5 Å². The molecule has 0 aliphatic rings. The summed E-state index contributed by atoms with van der Waals surface area (Å²) in [5, 5.41) is 0.198. The van der Waals surface area contributed by atoms with Crippen LogP contribution >= 0.6 is 22.6 Å². The van der Waals surface area contributed by atoms with Crippen molar-refractivity contribution in [1.29, 1.82) is 0 Å². The molecule has 0 saturated carbocycles. The van der Waals surface area contributed by atoms with E-state index in [4.69, 9.17) is 4.43 Å². The number of benzene rings is 2. The van der Waals surface area contributed by atoms with Crippen LogP contribution in [0.1, 0.15) is 65.5 Å². The fraction of sp³-hybridized carbons (Fsp3) is 0.462. The van der Waals surface area contributed by atoms with Gasteiger partial charge in [-0.25, -0.2) is 0 Å². The van der Waals surface area contributed by atoms with Gasteiger partial charge in [0.1, 0.15) is 5.60 Å². The van der Waals surface area contributed by atoms with Gasteiger partial charge in [0.05, 0.1) is 0 Å². The van der Waals surface area contributed by atoms with Gasteiger partial charge in [-0.2, -0.15) is 0 Å². The van der Waals surface area contributed by atoms with E-state index in [1.165, 1.54) is 5.56 Å². The molecule has 0 spiro atoms. The molecule has 0 amide bonds. The average Bonchev–Trinajstić information content (AvgIpc) is 2.67. The number of halogens is 1. The Morgan fingerprint density at radius 2 is 1.34 bits per heavy atom. The number of rotatable bonds is 6. The van der Waals surface area contributed by atoms with Gasteiger partial charge in [-0.05, 0) is 45.0 Å². The Labute approximate surface area is 193 Å². The van der Waals surface area contributed by atoms with Crippen LogP contribution in [0.25, 0.3) is 0 Å². The normalized spacial score (nSPS) is 14.2. The maximum atomic E-state index is 7.20. The summed E-state index contributed by atoms with van der Waals surface area (Å²) in [6, 6.07) is 20.9. The third-order valence-corrected chi connectivity index (χ3v) is 8.76. The summed E-state index contributed by atoms with van der Waals surface area (Å²) in [6.45, 7) is 13.9. The first-order chi connectivity index (χ1) is 13.6. The standard InChI is InChI=1S/C26H34IOSi/c1-24(2,3)29(25(4,5)6)28-26(19-13-21-27,23-16-11-8-12-17-23)20-18-22-14-9-7-10-15-22/h7-12,14-17H,13,19,21H2,1-6H3. The van der Waals surface area contributed by atoms with Gasteiger partial charge in [0, 0.05) is 5.56 Å². The molecule has 0 N–H and O–H groups in total. The molecule has 3 heteroatoms. The van der Waals surface area contributed by atoms with Gasteiger partial charge < -0.3 is 4.43 Å². The molecule has 29 heavy (non-hydrogen) atoms. The van der Waals surface area contributed by atoms with E-state index in [-0.39, 0.29) is 10.1 Å². The lowest BCUT2D eigenvalue weighted by molar-refractivity contribution is 0.101. The molecule has 1 unspecified atom stereocenters. The van der Waals surface area contributed by atoms with E-state index < -0.39 is 14.6 Å². The third-order valence-electron chi connectivity index (χ3n) is 4.72. The molecule has 1 nitrogen and oxygen atoms in total. The van der Waals surface area contributed by atoms with Gasteiger partial charge in [-0.1, -0.05) is 125 Å². The lowest BCUT2D eigenvalue weighted by atomic mass is 9.89. The number of hydrogen-bond donors (Lipinski definition) is 0. The summed E-state index contributed by atoms with van der Waals surface area (Å²) in [7, 11) is -1.22. The van der Waals surface area contributed by atoms with Gasteiger partial charge in [0.2, 0.25) is 9.04 Å². The number of hydrogen-bond acceptors (Lipinski definition) is 1. The minimum atomic E-state index is -1.22. The molecule has 0 aromatic heterocycles. The molecular weight excluding hydrogens is 483 g/mol. The first-order valence-corrected chi connectivity index (χ1v) is 13.3. The van der Waals surface area contributed by atoms with Crippen molar-refractivity contribution in [2.45, 2.75) is 70.1 Å². The molecule has 2 rings (SSSR count). The van der Waals surface area contributed by atoms with Crippen LogP contribution in [0.5, 0.6) is 0 Å². The van der Waals surface area contributed by atoms with Crippen molar-refractivity contribution in [3.63, 3.8) is 0 Å². The molecule has 0 fully saturated rings. The Bertz CT molecular complexity index is 795. The summed E-state index contributed by atoms with van der Waals surface area (Å²) < 4.78 is 8.29. The van der Waals surface area contributed by atoms with Crippen LogP contribution in [0.2, 0.25) is 10.1 Å². The zero-order valence-electron chi connectivity index (χ0n) is 18.7. The smallest absolute Gasteiger partial charge is 0.225 e. The predicted octanol–water partition coefficient (Wildman–Crippen LogP) is 7.76. The average molecular weight is 518 g/mol. The Hall–Kier alpha value is -1.09. The van der Waals surface area contributed by atoms with Crippen molar-refractivity contribution in [2.75, 3.05) is 4.43 Å². The Balaban J connectivity index is 2.63. The van der Waals surface area contributed by atoms with Gasteiger partial charge >= 0.3 is 0 Å². The molecule has 0 aliphatic carbocycles. The van der Waals surface area contributed by atoms with Crippen molar-refractivity contribution in [1.82, 2.24) is 0 Å². The Morgan fingerprint density at radius 1 is 0.828 bits per heavy atom. The predicted molar refractivity (Wildman–Crippen MR) is 136 cm³/mol. The largest absolute Gasteiger partial charge is 0.396 e. The summed E-state index contributed by atoms with van der Waals surface area (Å²) in [5.41, 5.74) is 1.62. The van der Waals surface area contributed by atoms with Crippen LogP contribution in [0, 0.1) is 11.8 Å². The fourth-order valence-electron chi connectivity index (χ4n) is 3.74. The molecule has 0 saturated heterocycles. The van der Waals surface area contributed by atoms with E-state index in [1.54, 1.807) is 0 Å². The van der Waals surface area contributed by atoms with E-state index >= 15 is 0 Å². The van der Waals surface area contributed by atoms with Crippen molar-refractivity contribution < 1.29 is 4.43 Å². The zero-order valence-corrected chi connectivity index (χ0v) is 21.8. The quantitative estimate of drug-likeness (QED) is 0.165. The molecule has 1 atom stereocenters. The maximum absolute atomic E-state index is 7.20. The molecule has 2 aromatic rings. The van der Waals surface area contributed by atoms with Crippen LogP contribution in [0.3, 0.4) is 0 Å². The molecule has 0 bridgehead atoms. The number of alkyl halides is 1. The molecular formula is C26H34IOSi. The van der Waals surface area contributed by atoms with E-state index in [2.05, 4.69) is 118 Å². The topological polar surface area (TPSA) is 9.23 Å². The van der Waals surface area contributed by atoms with E-state index in [0.29, 0.717) is 0 Å².